The van der Waals surface area contributed by atoms with Crippen molar-refractivity contribution in [3.05, 3.63) is 32.8 Å². The van der Waals surface area contributed by atoms with Crippen molar-refractivity contribution in [2.24, 2.45) is 16.5 Å². The predicted molar refractivity (Wildman–Crippen MR) is 64.9 cm³/mol. The quantitative estimate of drug-likeness (QED) is 0.374. The summed E-state index contributed by atoms with van der Waals surface area (Å²) in [6.07, 6.45) is -5.10. The maximum atomic E-state index is 12.2. The molecule has 0 atom stereocenters. The Morgan fingerprint density at radius 3 is 2.38 bits per heavy atom. The molecule has 0 heterocycles. The number of nitrogens with two attached hydrogens (primary N) is 2. The molecule has 114 valence electrons. The summed E-state index contributed by atoms with van der Waals surface area (Å²) in [6, 6.07) is 0.959. The molecule has 1 rings (SSSR count). The minimum Gasteiger partial charge on any atom is -0.404 e. The predicted octanol–water partition coefficient (Wildman–Crippen LogP) is 1.56. The third kappa shape index (κ3) is 4.49. The van der Waals surface area contributed by atoms with Crippen LogP contribution in [0.2, 0.25) is 5.02 Å². The third-order valence-corrected chi connectivity index (χ3v) is 2.23. The molecule has 4 N–H and O–H groups in total. The fourth-order valence-electron chi connectivity index (χ4n) is 1.25. The third-order valence-electron chi connectivity index (χ3n) is 1.93. The highest BCUT2D eigenvalue weighted by atomic mass is 35.5. The lowest BCUT2D eigenvalue weighted by Crippen LogP contribution is -2.24. The molecule has 0 aliphatic rings. The molecule has 1 amide bonds. The highest BCUT2D eigenvalue weighted by Gasteiger charge is 2.34. The fourth-order valence-corrected chi connectivity index (χ4v) is 1.44. The zero-order valence-corrected chi connectivity index (χ0v) is 10.6. The molecule has 0 aliphatic heterocycles. The van der Waals surface area contributed by atoms with Gasteiger partial charge in [-0.1, -0.05) is 11.6 Å². The van der Waals surface area contributed by atoms with Gasteiger partial charge in [-0.2, -0.15) is 4.99 Å². The Morgan fingerprint density at radius 2 is 1.95 bits per heavy atom. The lowest BCUT2D eigenvalue weighted by Gasteiger charge is -2.11. The van der Waals surface area contributed by atoms with Crippen LogP contribution in [-0.2, 0) is 0 Å². The van der Waals surface area contributed by atoms with Crippen molar-refractivity contribution in [3.8, 4) is 5.75 Å². The number of amides is 1. The lowest BCUT2D eigenvalue weighted by molar-refractivity contribution is -0.385. The van der Waals surface area contributed by atoms with E-state index in [9.17, 15) is 28.1 Å². The van der Waals surface area contributed by atoms with Crippen LogP contribution in [0.5, 0.6) is 5.75 Å². The van der Waals surface area contributed by atoms with Gasteiger partial charge in [-0.3, -0.25) is 14.9 Å². The van der Waals surface area contributed by atoms with E-state index in [1.807, 2.05) is 0 Å². The highest BCUT2D eigenvalue weighted by Crippen LogP contribution is 2.35. The van der Waals surface area contributed by atoms with Gasteiger partial charge in [0.05, 0.1) is 9.95 Å². The Morgan fingerprint density at radius 1 is 1.38 bits per heavy atom. The molecule has 1 aromatic rings. The first kappa shape index (κ1) is 16.5. The van der Waals surface area contributed by atoms with E-state index >= 15 is 0 Å². The number of halogens is 4. The SMILES string of the molecule is NC(N)=NC(=O)c1cc(OC(F)(F)F)c(Cl)cc1[N+](=O)[O-]. The van der Waals surface area contributed by atoms with E-state index in [0.717, 1.165) is 0 Å². The topological polar surface area (TPSA) is 134 Å². The second kappa shape index (κ2) is 5.83. The molecular weight excluding hydrogens is 321 g/mol. The van der Waals surface area contributed by atoms with E-state index in [2.05, 4.69) is 9.73 Å². The van der Waals surface area contributed by atoms with Crippen LogP contribution < -0.4 is 16.2 Å². The van der Waals surface area contributed by atoms with Gasteiger partial charge in [-0.05, 0) is 0 Å². The van der Waals surface area contributed by atoms with E-state index in [4.69, 9.17) is 23.1 Å². The fraction of sp³-hybridized carbons (Fsp3) is 0.111. The molecule has 0 fully saturated rings. The minimum absolute atomic E-state index is 0.433. The van der Waals surface area contributed by atoms with E-state index in [0.29, 0.717) is 12.1 Å². The number of ether oxygens (including phenoxy) is 1. The molecule has 0 aliphatic carbocycles. The molecule has 8 nitrogen and oxygen atoms in total. The van der Waals surface area contributed by atoms with Gasteiger partial charge in [0.25, 0.3) is 11.6 Å². The summed E-state index contributed by atoms with van der Waals surface area (Å²) in [4.78, 5) is 24.3. The first-order chi connectivity index (χ1) is 9.51. The van der Waals surface area contributed by atoms with Gasteiger partial charge in [0.1, 0.15) is 11.3 Å². The van der Waals surface area contributed by atoms with Crippen LogP contribution in [0.1, 0.15) is 10.4 Å². The number of nitrogens with zero attached hydrogens (tertiary/aromatic N) is 2. The van der Waals surface area contributed by atoms with E-state index in [1.165, 1.54) is 0 Å². The van der Waals surface area contributed by atoms with Crippen molar-refractivity contribution in [2.75, 3.05) is 0 Å². The Balaban J connectivity index is 3.44. The summed E-state index contributed by atoms with van der Waals surface area (Å²) in [7, 11) is 0. The van der Waals surface area contributed by atoms with Crippen molar-refractivity contribution in [2.45, 2.75) is 6.36 Å². The standard InChI is InChI=1S/C9H6ClF3N4O4/c10-4-2-5(17(19)20)3(7(18)16-8(14)15)1-6(4)21-9(11,12)13/h1-2H,(H4,14,15,16,18). The van der Waals surface area contributed by atoms with Crippen LogP contribution in [0, 0.1) is 10.1 Å². The summed E-state index contributed by atoms with van der Waals surface area (Å²) in [5.74, 6) is -3.03. The van der Waals surface area contributed by atoms with Gasteiger partial charge in [0, 0.05) is 12.1 Å². The lowest BCUT2D eigenvalue weighted by atomic mass is 10.1. The van der Waals surface area contributed by atoms with Crippen molar-refractivity contribution in [3.63, 3.8) is 0 Å². The number of nitro groups is 1. The summed E-state index contributed by atoms with van der Waals surface area (Å²) in [5.41, 5.74) is 8.17. The van der Waals surface area contributed by atoms with Gasteiger partial charge in [0.2, 0.25) is 0 Å². The molecule has 0 radical (unpaired) electrons. The second-order valence-electron chi connectivity index (χ2n) is 3.45. The summed E-state index contributed by atoms with van der Waals surface area (Å²) >= 11 is 5.44. The first-order valence-electron chi connectivity index (χ1n) is 4.89. The van der Waals surface area contributed by atoms with Gasteiger partial charge < -0.3 is 16.2 Å². The van der Waals surface area contributed by atoms with Crippen molar-refractivity contribution < 1.29 is 27.6 Å². The average molecular weight is 327 g/mol. The van der Waals surface area contributed by atoms with Gasteiger partial charge >= 0.3 is 6.36 Å². The van der Waals surface area contributed by atoms with Gasteiger partial charge in [-0.25, -0.2) is 0 Å². The number of benzene rings is 1. The molecule has 21 heavy (non-hydrogen) atoms. The largest absolute Gasteiger partial charge is 0.573 e. The van der Waals surface area contributed by atoms with E-state index < -0.39 is 45.2 Å². The van der Waals surface area contributed by atoms with Crippen LogP contribution in [0.15, 0.2) is 17.1 Å². The maximum absolute atomic E-state index is 12.2. The molecule has 0 spiro atoms. The smallest absolute Gasteiger partial charge is 0.404 e. The molecule has 0 bridgehead atoms. The molecule has 1 aromatic carbocycles. The van der Waals surface area contributed by atoms with Crippen LogP contribution in [0.25, 0.3) is 0 Å². The van der Waals surface area contributed by atoms with Gasteiger partial charge in [-0.15, -0.1) is 13.2 Å². The molecule has 0 saturated carbocycles. The maximum Gasteiger partial charge on any atom is 0.573 e. The second-order valence-corrected chi connectivity index (χ2v) is 3.85. The average Bonchev–Trinajstić information content (AvgIpc) is 2.28. The minimum atomic E-state index is -5.10. The normalized spacial score (nSPS) is 10.9. The number of aliphatic imine (C=N–C) groups is 1. The number of carbonyl (C=O) groups excluding carboxylic acids is 1. The Bertz CT molecular complexity index is 628. The number of alkyl halides is 3. The Kier molecular flexibility index (Phi) is 4.58. The summed E-state index contributed by atoms with van der Waals surface area (Å²) in [5, 5.41) is 10.1. The van der Waals surface area contributed by atoms with Crippen molar-refractivity contribution in [1.29, 1.82) is 0 Å². The van der Waals surface area contributed by atoms with Gasteiger partial charge in [0.15, 0.2) is 5.96 Å². The number of rotatable bonds is 3. The monoisotopic (exact) mass is 326 g/mol. The van der Waals surface area contributed by atoms with Crippen LogP contribution in [0.3, 0.4) is 0 Å². The highest BCUT2D eigenvalue weighted by molar-refractivity contribution is 6.32. The molecule has 0 unspecified atom stereocenters. The van der Waals surface area contributed by atoms with Crippen molar-refractivity contribution in [1.82, 2.24) is 0 Å². The van der Waals surface area contributed by atoms with E-state index in [-0.39, 0.29) is 0 Å². The molecule has 0 saturated heterocycles. The summed E-state index contributed by atoms with van der Waals surface area (Å²) < 4.78 is 40.0. The number of hydrogen-bond donors (Lipinski definition) is 2. The van der Waals surface area contributed by atoms with Crippen LogP contribution >= 0.6 is 11.6 Å². The van der Waals surface area contributed by atoms with Crippen LogP contribution in [-0.4, -0.2) is 23.2 Å². The van der Waals surface area contributed by atoms with Crippen LogP contribution in [0.4, 0.5) is 18.9 Å². The molecular formula is C9H6ClF3N4O4. The molecule has 0 aromatic heterocycles. The zero-order chi connectivity index (χ0) is 16.4. The van der Waals surface area contributed by atoms with E-state index in [1.54, 1.807) is 0 Å². The first-order valence-corrected chi connectivity index (χ1v) is 5.26. The van der Waals surface area contributed by atoms with Crippen molar-refractivity contribution >= 4 is 29.2 Å². The summed E-state index contributed by atoms with van der Waals surface area (Å²) in [6.45, 7) is 0. The Labute approximate surface area is 119 Å². The number of guanidine groups is 1. The molecule has 12 heteroatoms. The zero-order valence-electron chi connectivity index (χ0n) is 9.85. The number of hydrogen-bond acceptors (Lipinski definition) is 4. The number of nitro benzene ring substituents is 1. The Hall–Kier alpha value is -2.56. The number of carbonyl (C=O) groups is 1.